The molecule has 1 atom stereocenters. The number of anilines is 1. The summed E-state index contributed by atoms with van der Waals surface area (Å²) < 4.78 is 10.1. The molecule has 7 heteroatoms. The van der Waals surface area contributed by atoms with Gasteiger partial charge in [0, 0.05) is 18.2 Å². The predicted molar refractivity (Wildman–Crippen MR) is 94.6 cm³/mol. The van der Waals surface area contributed by atoms with Gasteiger partial charge in [-0.2, -0.15) is 0 Å². The Morgan fingerprint density at radius 2 is 1.73 bits per heavy atom. The number of ether oxygens (including phenoxy) is 2. The molecule has 0 saturated carbocycles. The highest BCUT2D eigenvalue weighted by Crippen LogP contribution is 2.30. The standard InChI is InChI=1S/C19H19NO6/c1-11(17(22)13-7-9-14(10-8-13)20-12(2)21)26-19(24)15-5-4-6-16(25-3)18(15)23/h4-11,23H,1-3H3,(H,20,21)/t11-/m1/s1. The first kappa shape index (κ1) is 19.0. The number of amides is 1. The molecule has 0 spiro atoms. The largest absolute Gasteiger partial charge is 0.504 e. The third-order valence-corrected chi connectivity index (χ3v) is 3.58. The van der Waals surface area contributed by atoms with E-state index >= 15 is 0 Å². The average molecular weight is 357 g/mol. The first-order valence-corrected chi connectivity index (χ1v) is 7.82. The van der Waals surface area contributed by atoms with Crippen LogP contribution < -0.4 is 10.1 Å². The Kier molecular flexibility index (Phi) is 5.95. The summed E-state index contributed by atoms with van der Waals surface area (Å²) >= 11 is 0. The molecule has 26 heavy (non-hydrogen) atoms. The van der Waals surface area contributed by atoms with E-state index in [1.807, 2.05) is 0 Å². The highest BCUT2D eigenvalue weighted by Gasteiger charge is 2.23. The third kappa shape index (κ3) is 4.38. The van der Waals surface area contributed by atoms with E-state index in [-0.39, 0.29) is 23.0 Å². The van der Waals surface area contributed by atoms with E-state index < -0.39 is 17.9 Å². The maximum absolute atomic E-state index is 12.4. The average Bonchev–Trinajstić information content (AvgIpc) is 2.61. The van der Waals surface area contributed by atoms with Crippen molar-refractivity contribution < 1.29 is 29.0 Å². The Morgan fingerprint density at radius 1 is 1.08 bits per heavy atom. The lowest BCUT2D eigenvalue weighted by molar-refractivity contribution is -0.114. The van der Waals surface area contributed by atoms with Crippen molar-refractivity contribution >= 4 is 23.3 Å². The van der Waals surface area contributed by atoms with Crippen LogP contribution in [0.2, 0.25) is 0 Å². The molecule has 0 aliphatic rings. The minimum Gasteiger partial charge on any atom is -0.504 e. The lowest BCUT2D eigenvalue weighted by atomic mass is 10.1. The summed E-state index contributed by atoms with van der Waals surface area (Å²) in [6.07, 6.45) is -1.06. The second-order valence-electron chi connectivity index (χ2n) is 5.53. The number of benzene rings is 2. The molecule has 2 rings (SSSR count). The second kappa shape index (κ2) is 8.15. The smallest absolute Gasteiger partial charge is 0.342 e. The van der Waals surface area contributed by atoms with Crippen molar-refractivity contribution in [3.8, 4) is 11.5 Å². The summed E-state index contributed by atoms with van der Waals surface area (Å²) in [7, 11) is 1.36. The van der Waals surface area contributed by atoms with Gasteiger partial charge in [-0.3, -0.25) is 9.59 Å². The quantitative estimate of drug-likeness (QED) is 0.609. The van der Waals surface area contributed by atoms with Gasteiger partial charge >= 0.3 is 5.97 Å². The van der Waals surface area contributed by atoms with Crippen LogP contribution in [0.5, 0.6) is 11.5 Å². The zero-order valence-electron chi connectivity index (χ0n) is 14.6. The van der Waals surface area contributed by atoms with Crippen LogP contribution in [0.3, 0.4) is 0 Å². The number of phenolic OH excluding ortho intramolecular Hbond substituents is 1. The maximum Gasteiger partial charge on any atom is 0.342 e. The molecule has 0 unspecified atom stereocenters. The van der Waals surface area contributed by atoms with Crippen molar-refractivity contribution in [2.24, 2.45) is 0 Å². The van der Waals surface area contributed by atoms with Crippen LogP contribution in [0, 0.1) is 0 Å². The number of para-hydroxylation sites is 1. The van der Waals surface area contributed by atoms with Crippen LogP contribution >= 0.6 is 0 Å². The Morgan fingerprint density at radius 3 is 2.31 bits per heavy atom. The number of hydrogen-bond acceptors (Lipinski definition) is 6. The predicted octanol–water partition coefficient (Wildman–Crippen LogP) is 2.79. The normalized spacial score (nSPS) is 11.3. The first-order chi connectivity index (χ1) is 12.3. The van der Waals surface area contributed by atoms with Crippen LogP contribution in [0.15, 0.2) is 42.5 Å². The van der Waals surface area contributed by atoms with Gasteiger partial charge in [-0.1, -0.05) is 6.07 Å². The van der Waals surface area contributed by atoms with Crippen molar-refractivity contribution in [3.63, 3.8) is 0 Å². The number of ketones is 1. The van der Waals surface area contributed by atoms with Crippen molar-refractivity contribution in [1.82, 2.24) is 0 Å². The molecule has 0 saturated heterocycles. The number of phenols is 1. The van der Waals surface area contributed by atoms with Crippen molar-refractivity contribution in [2.75, 3.05) is 12.4 Å². The number of carbonyl (C=O) groups excluding carboxylic acids is 3. The molecule has 0 fully saturated rings. The molecule has 0 heterocycles. The number of nitrogens with one attached hydrogen (secondary N) is 1. The minimum absolute atomic E-state index is 0.0926. The van der Waals surface area contributed by atoms with E-state index in [9.17, 15) is 19.5 Å². The molecule has 2 aromatic carbocycles. The molecule has 1 amide bonds. The van der Waals surface area contributed by atoms with Crippen LogP contribution in [-0.2, 0) is 9.53 Å². The molecule has 0 aromatic heterocycles. The van der Waals surface area contributed by atoms with Crippen molar-refractivity contribution in [2.45, 2.75) is 20.0 Å². The zero-order valence-corrected chi connectivity index (χ0v) is 14.6. The van der Waals surface area contributed by atoms with Gasteiger partial charge in [0.1, 0.15) is 5.56 Å². The van der Waals surface area contributed by atoms with Gasteiger partial charge in [0.05, 0.1) is 7.11 Å². The summed E-state index contributed by atoms with van der Waals surface area (Å²) in [4.78, 5) is 35.6. The highest BCUT2D eigenvalue weighted by molar-refractivity contribution is 6.02. The van der Waals surface area contributed by atoms with E-state index in [1.54, 1.807) is 12.1 Å². The molecule has 2 aromatic rings. The van der Waals surface area contributed by atoms with E-state index in [4.69, 9.17) is 9.47 Å². The Hall–Kier alpha value is -3.35. The Balaban J connectivity index is 2.09. The van der Waals surface area contributed by atoms with Crippen LogP contribution in [0.1, 0.15) is 34.6 Å². The summed E-state index contributed by atoms with van der Waals surface area (Å²) in [5, 5.41) is 12.6. The fraction of sp³-hybridized carbons (Fsp3) is 0.211. The van der Waals surface area contributed by atoms with Gasteiger partial charge in [-0.25, -0.2) is 4.79 Å². The minimum atomic E-state index is -1.06. The fourth-order valence-electron chi connectivity index (χ4n) is 2.29. The third-order valence-electron chi connectivity index (χ3n) is 3.58. The van der Waals surface area contributed by atoms with Crippen LogP contribution in [0.25, 0.3) is 0 Å². The number of Topliss-reactive ketones (excluding diaryl/α,β-unsaturated/α-hetero) is 1. The SMILES string of the molecule is COc1cccc(C(=O)O[C@H](C)C(=O)c2ccc(NC(C)=O)cc2)c1O. The zero-order chi connectivity index (χ0) is 19.3. The summed E-state index contributed by atoms with van der Waals surface area (Å²) in [5.41, 5.74) is 0.791. The van der Waals surface area contributed by atoms with Crippen molar-refractivity contribution in [1.29, 1.82) is 0 Å². The summed E-state index contributed by atoms with van der Waals surface area (Å²) in [5.74, 6) is -1.68. The second-order valence-corrected chi connectivity index (χ2v) is 5.53. The molecule has 0 radical (unpaired) electrons. The van der Waals surface area contributed by atoms with Gasteiger partial charge in [-0.15, -0.1) is 0 Å². The number of methoxy groups -OCH3 is 1. The number of carbonyl (C=O) groups is 3. The van der Waals surface area contributed by atoms with Gasteiger partial charge in [0.25, 0.3) is 0 Å². The molecule has 0 aliphatic heterocycles. The molecule has 136 valence electrons. The van der Waals surface area contributed by atoms with E-state index in [0.717, 1.165) is 0 Å². The van der Waals surface area contributed by atoms with Gasteiger partial charge in [0.2, 0.25) is 11.7 Å². The number of aromatic hydroxyl groups is 1. The Bertz CT molecular complexity index is 828. The lowest BCUT2D eigenvalue weighted by Crippen LogP contribution is -2.24. The lowest BCUT2D eigenvalue weighted by Gasteiger charge is -2.14. The van der Waals surface area contributed by atoms with Crippen LogP contribution in [0.4, 0.5) is 5.69 Å². The first-order valence-electron chi connectivity index (χ1n) is 7.82. The molecular weight excluding hydrogens is 338 g/mol. The highest BCUT2D eigenvalue weighted by atomic mass is 16.5. The van der Waals surface area contributed by atoms with Gasteiger partial charge in [0.15, 0.2) is 17.6 Å². The summed E-state index contributed by atoms with van der Waals surface area (Å²) in [6, 6.07) is 10.6. The van der Waals surface area contributed by atoms with E-state index in [0.29, 0.717) is 11.3 Å². The number of rotatable bonds is 6. The maximum atomic E-state index is 12.4. The molecule has 0 aliphatic carbocycles. The molecule has 2 N–H and O–H groups in total. The topological polar surface area (TPSA) is 102 Å². The monoisotopic (exact) mass is 357 g/mol. The molecule has 7 nitrogen and oxygen atoms in total. The fourth-order valence-corrected chi connectivity index (χ4v) is 2.29. The van der Waals surface area contributed by atoms with E-state index in [2.05, 4.69) is 5.32 Å². The van der Waals surface area contributed by atoms with E-state index in [1.165, 1.54) is 51.3 Å². The van der Waals surface area contributed by atoms with Crippen LogP contribution in [-0.4, -0.2) is 36.0 Å². The molecule has 0 bridgehead atoms. The summed E-state index contributed by atoms with van der Waals surface area (Å²) in [6.45, 7) is 2.83. The number of esters is 1. The Labute approximate surface area is 150 Å². The number of hydrogen-bond donors (Lipinski definition) is 2. The van der Waals surface area contributed by atoms with Crippen molar-refractivity contribution in [3.05, 3.63) is 53.6 Å². The van der Waals surface area contributed by atoms with Gasteiger partial charge < -0.3 is 19.9 Å². The van der Waals surface area contributed by atoms with Gasteiger partial charge in [-0.05, 0) is 43.3 Å². The molecular formula is C19H19NO6.